The number of rotatable bonds is 7. The fourth-order valence-electron chi connectivity index (χ4n) is 7.38. The Labute approximate surface area is 346 Å². The van der Waals surface area contributed by atoms with Crippen LogP contribution >= 0.6 is 12.4 Å². The summed E-state index contributed by atoms with van der Waals surface area (Å²) in [5.74, 6) is 9.53. The van der Waals surface area contributed by atoms with E-state index in [0.29, 0.717) is 51.1 Å². The number of nitrogens with two attached hydrogens (primary N) is 2. The number of Topliss-reactive ketones (excluding diaryl/α,β-unsaturated/α-hetero) is 1. The molecule has 2 amide bonds. The molecule has 3 aliphatic carbocycles. The molecule has 6 fully saturated rings. The Hall–Kier alpha value is -3.46. The highest BCUT2D eigenvalue weighted by Crippen LogP contribution is 2.37. The van der Waals surface area contributed by atoms with Crippen LogP contribution in [-0.4, -0.2) is 87.1 Å². The minimum atomic E-state index is -0.626. The van der Waals surface area contributed by atoms with Gasteiger partial charge in [-0.05, 0) is 36.8 Å². The first-order valence-corrected chi connectivity index (χ1v) is 19.9. The van der Waals surface area contributed by atoms with Crippen molar-refractivity contribution in [2.45, 2.75) is 120 Å². The molecule has 0 aromatic heterocycles. The van der Waals surface area contributed by atoms with Gasteiger partial charge in [-0.15, -0.1) is 12.4 Å². The number of carbonyl (C=O) groups excluding carboxylic acids is 3. The number of hydrazine groups is 3. The molecular weight excluding hydrogens is 776 g/mol. The van der Waals surface area contributed by atoms with E-state index in [2.05, 4.69) is 16.3 Å². The predicted octanol–water partition coefficient (Wildman–Crippen LogP) is 4.32. The average molecular weight is 837 g/mol. The zero-order valence-corrected chi connectivity index (χ0v) is 33.9. The Morgan fingerprint density at radius 2 is 0.966 bits per heavy atom. The van der Waals surface area contributed by atoms with Gasteiger partial charge in [0.25, 0.3) is 0 Å². The Morgan fingerprint density at radius 3 is 1.36 bits per heavy atom. The van der Waals surface area contributed by atoms with Crippen LogP contribution in [0.4, 0.5) is 9.59 Å². The van der Waals surface area contributed by atoms with Crippen LogP contribution in [0.3, 0.4) is 0 Å². The lowest BCUT2D eigenvalue weighted by atomic mass is 9.90. The number of benzene rings is 2. The van der Waals surface area contributed by atoms with Gasteiger partial charge >= 0.3 is 12.2 Å². The summed E-state index contributed by atoms with van der Waals surface area (Å²) in [6.45, 7) is 4.75. The summed E-state index contributed by atoms with van der Waals surface area (Å²) in [7, 11) is 0. The van der Waals surface area contributed by atoms with E-state index in [0.717, 1.165) is 88.5 Å². The molecular formula is C40H61ClN6O11. The maximum Gasteiger partial charge on any atom is 0.421 e. The lowest BCUT2D eigenvalue weighted by molar-refractivity contribution is -0.180. The van der Waals surface area contributed by atoms with Crippen molar-refractivity contribution >= 4 is 30.4 Å². The van der Waals surface area contributed by atoms with E-state index in [1.807, 2.05) is 66.1 Å². The highest BCUT2D eigenvalue weighted by atomic mass is 35.5. The molecule has 324 valence electrons. The SMILES string of the molecule is Cl.NNC(=O)OCc1ccccc1.NNC1CCC2(CC1)OCCO2.O=C(NNC1CCC2(CC1)OCCO2)OCc1ccccc1.O=C1CCC2(CC1)OCCO2. The van der Waals surface area contributed by atoms with Crippen molar-refractivity contribution in [3.05, 3.63) is 71.8 Å². The van der Waals surface area contributed by atoms with Crippen LogP contribution in [0.2, 0.25) is 0 Å². The second-order valence-corrected chi connectivity index (χ2v) is 14.6. The minimum Gasteiger partial charge on any atom is -0.444 e. The van der Waals surface area contributed by atoms with Gasteiger partial charge in [-0.25, -0.2) is 20.9 Å². The summed E-state index contributed by atoms with van der Waals surface area (Å²) < 4.78 is 43.3. The lowest BCUT2D eigenvalue weighted by Crippen LogP contribution is -2.48. The molecule has 0 atom stereocenters. The number of ketones is 1. The molecule has 0 unspecified atom stereocenters. The van der Waals surface area contributed by atoms with Crippen LogP contribution in [0, 0.1) is 0 Å². The van der Waals surface area contributed by atoms with Gasteiger partial charge in [0.15, 0.2) is 17.4 Å². The summed E-state index contributed by atoms with van der Waals surface area (Å²) >= 11 is 0. The van der Waals surface area contributed by atoms with Gasteiger partial charge in [0.05, 0.1) is 39.6 Å². The van der Waals surface area contributed by atoms with Crippen LogP contribution in [0.15, 0.2) is 60.7 Å². The van der Waals surface area contributed by atoms with Gasteiger partial charge in [0.1, 0.15) is 19.0 Å². The van der Waals surface area contributed by atoms with Gasteiger partial charge in [-0.3, -0.25) is 26.9 Å². The number of hydrogen-bond acceptors (Lipinski definition) is 15. The number of hydrogen-bond donors (Lipinski definition) is 6. The Balaban J connectivity index is 0.000000179. The molecule has 58 heavy (non-hydrogen) atoms. The van der Waals surface area contributed by atoms with E-state index in [9.17, 15) is 14.4 Å². The monoisotopic (exact) mass is 836 g/mol. The third-order valence-electron chi connectivity index (χ3n) is 10.7. The van der Waals surface area contributed by atoms with Gasteiger partial charge in [0.2, 0.25) is 0 Å². The maximum atomic E-state index is 11.7. The van der Waals surface area contributed by atoms with E-state index in [4.69, 9.17) is 49.6 Å². The number of amides is 2. The largest absolute Gasteiger partial charge is 0.444 e. The van der Waals surface area contributed by atoms with Crippen molar-refractivity contribution in [2.75, 3.05) is 39.6 Å². The number of ether oxygens (including phenoxy) is 8. The van der Waals surface area contributed by atoms with E-state index in [1.165, 1.54) is 0 Å². The fraction of sp³-hybridized carbons (Fsp3) is 0.625. The summed E-state index contributed by atoms with van der Waals surface area (Å²) in [4.78, 5) is 33.1. The number of halogens is 1. The zero-order valence-electron chi connectivity index (χ0n) is 33.1. The fourth-order valence-corrected chi connectivity index (χ4v) is 7.38. The van der Waals surface area contributed by atoms with Crippen molar-refractivity contribution < 1.29 is 52.3 Å². The third kappa shape index (κ3) is 15.6. The van der Waals surface area contributed by atoms with Crippen LogP contribution < -0.4 is 33.4 Å². The molecule has 3 saturated heterocycles. The highest BCUT2D eigenvalue weighted by Gasteiger charge is 2.42. The van der Waals surface area contributed by atoms with Gasteiger partial charge < -0.3 is 37.9 Å². The molecule has 17 nitrogen and oxygen atoms in total. The van der Waals surface area contributed by atoms with Crippen molar-refractivity contribution in [3.63, 3.8) is 0 Å². The highest BCUT2D eigenvalue weighted by molar-refractivity contribution is 5.85. The van der Waals surface area contributed by atoms with Crippen LogP contribution in [0.1, 0.15) is 88.2 Å². The van der Waals surface area contributed by atoms with Crippen molar-refractivity contribution in [1.29, 1.82) is 0 Å². The first kappa shape index (κ1) is 47.2. The van der Waals surface area contributed by atoms with Gasteiger partial charge in [-0.2, -0.15) is 0 Å². The van der Waals surface area contributed by atoms with Crippen molar-refractivity contribution in [2.24, 2.45) is 11.7 Å². The standard InChI is InChI=1S/C16H22N2O4.C8H16N2O2.C8H10N2O2.C8H12O3.ClH/c19-15(20-12-13-4-2-1-3-5-13)18-17-14-6-8-16(9-7-14)21-10-11-22-16;9-10-7-1-3-8(4-2-7)11-5-6-12-8;9-10-8(11)12-6-7-4-2-1-3-5-7;9-7-1-3-8(4-2-7)10-5-6-11-8;/h1-5,14,17H,6-12H2,(H,18,19);7,10H,1-6,9H2;1-5H,6,9H2,(H,10,11);1-6H2;1H. The minimum absolute atomic E-state index is 0. The first-order chi connectivity index (χ1) is 27.7. The maximum absolute atomic E-state index is 11.7. The quantitative estimate of drug-likeness (QED) is 0.130. The van der Waals surface area contributed by atoms with E-state index >= 15 is 0 Å². The summed E-state index contributed by atoms with van der Waals surface area (Å²) in [6.07, 6.45) is 9.24. The van der Waals surface area contributed by atoms with Crippen LogP contribution in [0.5, 0.6) is 0 Å². The van der Waals surface area contributed by atoms with Crippen LogP contribution in [-0.2, 0) is 55.9 Å². The molecule has 6 aliphatic rings. The normalized spacial score (nSPS) is 22.5. The zero-order chi connectivity index (χ0) is 40.2. The van der Waals surface area contributed by atoms with Crippen LogP contribution in [0.25, 0.3) is 0 Å². The van der Waals surface area contributed by atoms with E-state index in [-0.39, 0.29) is 49.0 Å². The summed E-state index contributed by atoms with van der Waals surface area (Å²) in [6, 6.07) is 19.6. The van der Waals surface area contributed by atoms with Gasteiger partial charge in [0, 0.05) is 63.5 Å². The third-order valence-corrected chi connectivity index (χ3v) is 10.7. The number of nitrogens with one attached hydrogen (secondary N) is 4. The molecule has 3 saturated carbocycles. The van der Waals surface area contributed by atoms with Crippen molar-refractivity contribution in [1.82, 2.24) is 21.7 Å². The molecule has 0 bridgehead atoms. The molecule has 3 aliphatic heterocycles. The molecule has 3 spiro atoms. The molecule has 8 rings (SSSR count). The Kier molecular flexibility index (Phi) is 20.0. The summed E-state index contributed by atoms with van der Waals surface area (Å²) in [5, 5.41) is 0. The average Bonchev–Trinajstić information content (AvgIpc) is 4.05. The van der Waals surface area contributed by atoms with E-state index < -0.39 is 12.2 Å². The lowest BCUT2D eigenvalue weighted by Gasteiger charge is -2.35. The first-order valence-electron chi connectivity index (χ1n) is 19.9. The number of carbonyl (C=O) groups is 3. The Bertz CT molecular complexity index is 1460. The molecule has 8 N–H and O–H groups in total. The molecule has 0 radical (unpaired) electrons. The molecule has 2 aromatic carbocycles. The summed E-state index contributed by atoms with van der Waals surface area (Å²) in [5.41, 5.74) is 12.2. The van der Waals surface area contributed by atoms with Gasteiger partial charge in [-0.1, -0.05) is 60.7 Å². The van der Waals surface area contributed by atoms with E-state index in [1.54, 1.807) is 0 Å². The smallest absolute Gasteiger partial charge is 0.421 e. The second-order valence-electron chi connectivity index (χ2n) is 14.6. The molecule has 3 heterocycles. The topological polar surface area (TPSA) is 225 Å². The Morgan fingerprint density at radius 1 is 0.586 bits per heavy atom. The predicted molar refractivity (Wildman–Crippen MR) is 213 cm³/mol. The van der Waals surface area contributed by atoms with Crippen molar-refractivity contribution in [3.8, 4) is 0 Å². The molecule has 2 aromatic rings. The second kappa shape index (κ2) is 24.6. The molecule has 18 heteroatoms.